The molecule has 0 aliphatic heterocycles. The zero-order valence-corrected chi connectivity index (χ0v) is 55.6. The highest BCUT2D eigenvalue weighted by Gasteiger charge is 2.22. The topological polar surface area (TPSA) is 219 Å². The predicted molar refractivity (Wildman–Crippen MR) is 332 cm³/mol. The normalized spacial score (nSPS) is 12.8. The first kappa shape index (κ1) is 68.0. The van der Waals surface area contributed by atoms with E-state index in [1.54, 1.807) is 97.9 Å². The van der Waals surface area contributed by atoms with Crippen molar-refractivity contribution in [3.63, 3.8) is 0 Å². The van der Waals surface area contributed by atoms with Crippen molar-refractivity contribution in [3.8, 4) is 0 Å². The van der Waals surface area contributed by atoms with Crippen molar-refractivity contribution in [3.05, 3.63) is 173 Å². The molecule has 17 nitrogen and oxygen atoms in total. The van der Waals surface area contributed by atoms with E-state index in [2.05, 4.69) is 109 Å². The number of hydrogen-bond donors (Lipinski definition) is 2. The summed E-state index contributed by atoms with van der Waals surface area (Å²) in [4.78, 5) is 30.3. The molecule has 440 valence electrons. The molecule has 3 unspecified atom stereocenters. The summed E-state index contributed by atoms with van der Waals surface area (Å²) in [7, 11) is -3.53. The maximum Gasteiger partial charge on any atom is 0.170 e. The summed E-state index contributed by atoms with van der Waals surface area (Å²) in [5.74, 6) is -1.31. The fraction of sp³-hybridized carbons (Fsp3) is 0.288. The van der Waals surface area contributed by atoms with Crippen LogP contribution in [0.4, 0.5) is 22.0 Å². The SMILES string of the molecule is CC(C)(C)S(=O)CCc1ncn2ccc(Br)c(F)c12.CC(C)(C)S(=O)N=Cc1ncn2ccc(Br)c(F)c12.CC(C)(C)S(N)=O.Fc1c(Br)ccn2cncc12.NCc1ncn2ccc(Br)c(F)c12.O=Cc1ncn2ccc(Br)c(F)c12. The Kier molecular flexibility index (Phi) is 24.3. The zero-order valence-electron chi connectivity index (χ0n) is 45.2. The Balaban J connectivity index is 0.000000185. The predicted octanol–water partition coefficient (Wildman–Crippen LogP) is 12.8. The van der Waals surface area contributed by atoms with Gasteiger partial charge in [0.15, 0.2) is 35.4 Å². The van der Waals surface area contributed by atoms with Gasteiger partial charge in [0.25, 0.3) is 0 Å². The van der Waals surface area contributed by atoms with Gasteiger partial charge in [0.2, 0.25) is 0 Å². The molecule has 0 aliphatic rings. The molecule has 0 aliphatic carbocycles. The summed E-state index contributed by atoms with van der Waals surface area (Å²) < 4.78 is 115. The number of imidazole rings is 5. The standard InChI is InChI=1S/C13H16BrFN2OS.C12H13BrFN3OS.C8H7BrFN3.C8H4BrFN2O.C7H4BrFN2.C4H11NOS/c1-13(2,3)19(18)7-5-10-12-11(15)9(14)4-6-17(12)8-16-10;1-12(2,3)19(18)16-6-9-11-10(14)8(13)4-5-17(11)7-15-9;9-5-1-2-13-4-12-6(3-11)8(13)7(5)10;9-5-1-2-12-4-11-6(3-13)8(12)7(5)10;8-5-1-2-11-4-10-3-6(11)7(5)9;1-4(2,3)7(5)6/h4,6,8H,5,7H2,1-3H3;4-7H,1-3H3;1-2,4H,3,11H2;1-4H;1-4H;5H2,1-3H3. The number of hydrogen-bond acceptors (Lipinski definition) is 10. The lowest BCUT2D eigenvalue weighted by Gasteiger charge is -2.17. The Morgan fingerprint density at radius 2 is 0.915 bits per heavy atom. The first-order chi connectivity index (χ1) is 38.3. The van der Waals surface area contributed by atoms with Crippen LogP contribution in [0.5, 0.6) is 0 Å². The number of nitrogens with zero attached hydrogens (tertiary/aromatic N) is 11. The minimum absolute atomic E-state index is 0.110. The third-order valence-electron chi connectivity index (χ3n) is 11.0. The van der Waals surface area contributed by atoms with Gasteiger partial charge in [-0.05, 0) is 172 Å². The van der Waals surface area contributed by atoms with E-state index in [1.165, 1.54) is 29.5 Å². The maximum atomic E-state index is 14.1. The van der Waals surface area contributed by atoms with Gasteiger partial charge in [-0.1, -0.05) is 0 Å². The van der Waals surface area contributed by atoms with E-state index in [4.69, 9.17) is 10.9 Å². The number of pyridine rings is 5. The van der Waals surface area contributed by atoms with Crippen LogP contribution >= 0.6 is 79.6 Å². The van der Waals surface area contributed by atoms with Crippen LogP contribution in [0, 0.1) is 29.1 Å². The van der Waals surface area contributed by atoms with Crippen molar-refractivity contribution in [1.29, 1.82) is 0 Å². The largest absolute Gasteiger partial charge is 0.325 e. The van der Waals surface area contributed by atoms with Gasteiger partial charge in [-0.15, -0.1) is 0 Å². The van der Waals surface area contributed by atoms with Gasteiger partial charge in [-0.2, -0.15) is 4.40 Å². The number of nitrogens with two attached hydrogens (primary N) is 2. The number of carbonyl (C=O) groups excluding carboxylic acids is 1. The smallest absolute Gasteiger partial charge is 0.170 e. The molecule has 30 heteroatoms. The van der Waals surface area contributed by atoms with E-state index in [0.29, 0.717) is 80.0 Å². The van der Waals surface area contributed by atoms with E-state index in [0.717, 1.165) is 0 Å². The van der Waals surface area contributed by atoms with E-state index in [-0.39, 0.29) is 44.7 Å². The van der Waals surface area contributed by atoms with Crippen LogP contribution in [0.1, 0.15) is 89.9 Å². The number of halogens is 10. The Morgan fingerprint density at radius 3 is 1.34 bits per heavy atom. The van der Waals surface area contributed by atoms with Crippen LogP contribution in [0.25, 0.3) is 27.6 Å². The average Bonchev–Trinajstić information content (AvgIpc) is 4.48. The zero-order chi connectivity index (χ0) is 61.2. The quantitative estimate of drug-likeness (QED) is 0.0873. The molecule has 0 saturated heterocycles. The van der Waals surface area contributed by atoms with Crippen molar-refractivity contribution >= 4 is 153 Å². The van der Waals surface area contributed by atoms with Crippen LogP contribution in [0.15, 0.2) is 126 Å². The molecule has 10 rings (SSSR count). The van der Waals surface area contributed by atoms with Crippen molar-refractivity contribution in [1.82, 2.24) is 46.9 Å². The number of fused-ring (bicyclic) bond motifs is 5. The molecular weight excluding hydrogens is 1460 g/mol. The van der Waals surface area contributed by atoms with Crippen LogP contribution in [0.3, 0.4) is 0 Å². The molecule has 0 bridgehead atoms. The molecule has 82 heavy (non-hydrogen) atoms. The molecule has 3 atom stereocenters. The summed E-state index contributed by atoms with van der Waals surface area (Å²) >= 11 is 15.5. The fourth-order valence-corrected chi connectivity index (χ4v) is 9.51. The summed E-state index contributed by atoms with van der Waals surface area (Å²) in [5, 5.41) is 5.04. The Labute approximate surface area is 518 Å². The van der Waals surface area contributed by atoms with E-state index >= 15 is 0 Å². The third kappa shape index (κ3) is 17.4. The Bertz CT molecular complexity index is 3980. The highest BCUT2D eigenvalue weighted by Crippen LogP contribution is 2.26. The van der Waals surface area contributed by atoms with E-state index < -0.39 is 49.2 Å². The summed E-state index contributed by atoms with van der Waals surface area (Å²) in [6.07, 6.45) is 20.0. The molecule has 10 heterocycles. The molecule has 0 saturated carbocycles. The van der Waals surface area contributed by atoms with Gasteiger partial charge in [0, 0.05) is 65.2 Å². The number of aromatic nitrogens is 10. The second kappa shape index (κ2) is 29.3. The summed E-state index contributed by atoms with van der Waals surface area (Å²) in [6, 6.07) is 8.06. The first-order valence-electron chi connectivity index (χ1n) is 23.9. The average molecular weight is 1520 g/mol. The molecule has 10 aromatic rings. The molecular formula is C52H55Br5F5N13O4S3. The molecule has 0 aromatic carbocycles. The molecule has 0 radical (unpaired) electrons. The molecule has 0 spiro atoms. The number of rotatable bonds is 7. The van der Waals surface area contributed by atoms with Crippen LogP contribution in [0.2, 0.25) is 0 Å². The monoisotopic (exact) mass is 1510 g/mol. The Morgan fingerprint density at radius 1 is 0.537 bits per heavy atom. The molecule has 4 N–H and O–H groups in total. The van der Waals surface area contributed by atoms with E-state index in [1.807, 2.05) is 62.3 Å². The molecule has 0 amide bonds. The van der Waals surface area contributed by atoms with Gasteiger partial charge in [-0.3, -0.25) is 14.1 Å². The van der Waals surface area contributed by atoms with Gasteiger partial charge in [-0.25, -0.2) is 55.3 Å². The first-order valence-corrected chi connectivity index (χ1v) is 31.5. The lowest BCUT2D eigenvalue weighted by atomic mass is 10.2. The maximum absolute atomic E-state index is 14.1. The summed E-state index contributed by atoms with van der Waals surface area (Å²) in [6.45, 7) is 17.0. The number of aldehydes is 1. The van der Waals surface area contributed by atoms with Crippen molar-refractivity contribution in [2.75, 3.05) is 5.75 Å². The van der Waals surface area contributed by atoms with Gasteiger partial charge in [0.05, 0.1) is 85.6 Å². The Hall–Kier alpha value is -4.79. The minimum atomic E-state index is -1.39. The summed E-state index contributed by atoms with van der Waals surface area (Å²) in [5.41, 5.74) is 9.00. The second-order valence-corrected chi connectivity index (χ2v) is 30.3. The van der Waals surface area contributed by atoms with Crippen LogP contribution in [-0.4, -0.2) is 92.0 Å². The fourth-order valence-electron chi connectivity index (χ4n) is 6.46. The van der Waals surface area contributed by atoms with Gasteiger partial charge in [0.1, 0.15) is 62.6 Å². The number of aryl methyl sites for hydroxylation is 1. The van der Waals surface area contributed by atoms with Gasteiger partial charge < -0.3 is 27.7 Å². The van der Waals surface area contributed by atoms with Crippen LogP contribution in [-0.2, 0) is 45.7 Å². The molecule has 10 aromatic heterocycles. The van der Waals surface area contributed by atoms with E-state index in [9.17, 15) is 39.4 Å². The third-order valence-corrected chi connectivity index (χ3v) is 18.5. The minimum Gasteiger partial charge on any atom is -0.325 e. The highest BCUT2D eigenvalue weighted by molar-refractivity contribution is 9.11. The van der Waals surface area contributed by atoms with Crippen molar-refractivity contribution in [2.24, 2.45) is 15.3 Å². The lowest BCUT2D eigenvalue weighted by molar-refractivity contribution is 0.112. The number of carbonyl (C=O) groups is 1. The molecule has 0 fully saturated rings. The van der Waals surface area contributed by atoms with Gasteiger partial charge >= 0.3 is 0 Å². The highest BCUT2D eigenvalue weighted by atomic mass is 79.9. The lowest BCUT2D eigenvalue weighted by Crippen LogP contribution is -2.27. The van der Waals surface area contributed by atoms with Crippen molar-refractivity contribution < 1.29 is 39.4 Å². The second-order valence-electron chi connectivity index (χ2n) is 20.0. The van der Waals surface area contributed by atoms with Crippen LogP contribution < -0.4 is 10.9 Å². The van der Waals surface area contributed by atoms with Crippen molar-refractivity contribution in [2.45, 2.75) is 89.5 Å².